The lowest BCUT2D eigenvalue weighted by atomic mass is 9.84. The number of carbonyl (C=O) groups is 2. The zero-order valence-electron chi connectivity index (χ0n) is 28.9. The van der Waals surface area contributed by atoms with Crippen LogP contribution in [-0.4, -0.2) is 22.2 Å². The average Bonchev–Trinajstić information content (AvgIpc) is 3.00. The Morgan fingerprint density at radius 2 is 0.727 bits per heavy atom. The summed E-state index contributed by atoms with van der Waals surface area (Å²) in [6.07, 6.45) is 46.8. The minimum atomic E-state index is -0.982. The molecule has 0 aromatic carbocycles. The normalized spacial score (nSPS) is 13.6. The van der Waals surface area contributed by atoms with Crippen LogP contribution in [0.15, 0.2) is 48.6 Å². The fourth-order valence-electron chi connectivity index (χ4n) is 5.74. The first-order chi connectivity index (χ1) is 21.5. The first kappa shape index (κ1) is 41.9. The monoisotopic (exact) mass is 615 g/mol. The van der Waals surface area contributed by atoms with Crippen molar-refractivity contribution in [2.45, 2.75) is 181 Å². The molecule has 0 saturated heterocycles. The highest BCUT2D eigenvalue weighted by atomic mass is 16.4. The molecule has 0 aliphatic heterocycles. The van der Waals surface area contributed by atoms with Crippen LogP contribution in [0, 0.1) is 11.8 Å². The standard InChI is InChI=1S/C40H70O4/c1-3-5-7-9-11-13-15-17-19-21-23-25-27-29-31-33-35-37(39(41)42)38(40(43)44)36-34-32-30-28-26-24-22-20-18-16-14-12-10-8-6-4-2/h11,13,17,19,23,25,29,31,37-38H,3-10,12,14-16,18,20-22,24,26-28,30,32-36H2,1-2H3,(H,41,42)(H,43,44)/b13-11-,19-17-,25-23-,31-29-. The molecule has 0 radical (unpaired) electrons. The molecule has 254 valence electrons. The van der Waals surface area contributed by atoms with Gasteiger partial charge in [0.15, 0.2) is 0 Å². The van der Waals surface area contributed by atoms with Crippen LogP contribution >= 0.6 is 0 Å². The van der Waals surface area contributed by atoms with Crippen molar-refractivity contribution in [1.82, 2.24) is 0 Å². The summed E-state index contributed by atoms with van der Waals surface area (Å²) in [5.74, 6) is -3.57. The third-order valence-corrected chi connectivity index (χ3v) is 8.59. The summed E-state index contributed by atoms with van der Waals surface area (Å²) in [5.41, 5.74) is 0. The smallest absolute Gasteiger partial charge is 0.307 e. The lowest BCUT2D eigenvalue weighted by Gasteiger charge is -2.20. The average molecular weight is 615 g/mol. The van der Waals surface area contributed by atoms with Crippen LogP contribution in [0.25, 0.3) is 0 Å². The van der Waals surface area contributed by atoms with Gasteiger partial charge in [0, 0.05) is 0 Å². The molecule has 0 aliphatic rings. The summed E-state index contributed by atoms with van der Waals surface area (Å²) in [6, 6.07) is 0. The molecule has 0 fully saturated rings. The van der Waals surface area contributed by atoms with Crippen LogP contribution < -0.4 is 0 Å². The molecule has 0 aromatic rings. The van der Waals surface area contributed by atoms with E-state index in [-0.39, 0.29) is 0 Å². The van der Waals surface area contributed by atoms with Crippen LogP contribution in [0.4, 0.5) is 0 Å². The summed E-state index contributed by atoms with van der Waals surface area (Å²) >= 11 is 0. The Balaban J connectivity index is 3.98. The van der Waals surface area contributed by atoms with Gasteiger partial charge in [0.2, 0.25) is 0 Å². The van der Waals surface area contributed by atoms with Crippen molar-refractivity contribution in [2.75, 3.05) is 0 Å². The fourth-order valence-corrected chi connectivity index (χ4v) is 5.74. The summed E-state index contributed by atoms with van der Waals surface area (Å²) in [4.78, 5) is 23.8. The van der Waals surface area contributed by atoms with E-state index in [1.807, 2.05) is 12.2 Å². The van der Waals surface area contributed by atoms with Gasteiger partial charge < -0.3 is 10.2 Å². The van der Waals surface area contributed by atoms with Crippen LogP contribution in [0.3, 0.4) is 0 Å². The molecule has 2 unspecified atom stereocenters. The number of hydrogen-bond donors (Lipinski definition) is 2. The maximum atomic E-state index is 11.9. The number of allylic oxidation sites excluding steroid dienone is 8. The van der Waals surface area contributed by atoms with Crippen molar-refractivity contribution in [1.29, 1.82) is 0 Å². The zero-order valence-corrected chi connectivity index (χ0v) is 28.9. The van der Waals surface area contributed by atoms with E-state index < -0.39 is 23.8 Å². The summed E-state index contributed by atoms with van der Waals surface area (Å²) in [5, 5.41) is 19.5. The molecule has 2 N–H and O–H groups in total. The fraction of sp³-hybridized carbons (Fsp3) is 0.750. The minimum absolute atomic E-state index is 0.375. The molecule has 44 heavy (non-hydrogen) atoms. The van der Waals surface area contributed by atoms with E-state index in [1.54, 1.807) is 0 Å². The van der Waals surface area contributed by atoms with Gasteiger partial charge in [-0.2, -0.15) is 0 Å². The van der Waals surface area contributed by atoms with E-state index >= 15 is 0 Å². The highest BCUT2D eigenvalue weighted by molar-refractivity contribution is 5.79. The number of carboxylic acid groups (broad SMARTS) is 2. The zero-order chi connectivity index (χ0) is 32.4. The van der Waals surface area contributed by atoms with Crippen molar-refractivity contribution < 1.29 is 19.8 Å². The number of unbranched alkanes of at least 4 members (excludes halogenated alkanes) is 18. The predicted molar refractivity (Wildman–Crippen MR) is 190 cm³/mol. The Labute approximate surface area is 272 Å². The Bertz CT molecular complexity index is 763. The van der Waals surface area contributed by atoms with Crippen LogP contribution in [0.1, 0.15) is 181 Å². The van der Waals surface area contributed by atoms with E-state index in [0.29, 0.717) is 19.3 Å². The Hall–Kier alpha value is -2.10. The van der Waals surface area contributed by atoms with Crippen molar-refractivity contribution in [3.05, 3.63) is 48.6 Å². The summed E-state index contributed by atoms with van der Waals surface area (Å²) in [6.45, 7) is 4.49. The van der Waals surface area contributed by atoms with E-state index in [4.69, 9.17) is 0 Å². The number of rotatable bonds is 33. The SMILES string of the molecule is CCCCC/C=C\C/C=C\C/C=C\C/C=C\CCC(C(=O)O)C(CCCCCCCCCCCCCCCCCC)C(=O)O. The van der Waals surface area contributed by atoms with E-state index in [2.05, 4.69) is 50.3 Å². The van der Waals surface area contributed by atoms with Gasteiger partial charge in [-0.15, -0.1) is 0 Å². The van der Waals surface area contributed by atoms with Gasteiger partial charge in [0.25, 0.3) is 0 Å². The number of carboxylic acids is 2. The van der Waals surface area contributed by atoms with Gasteiger partial charge in [-0.3, -0.25) is 9.59 Å². The number of aliphatic carboxylic acids is 2. The molecular formula is C40H70O4. The van der Waals surface area contributed by atoms with E-state index in [9.17, 15) is 19.8 Å². The molecule has 4 heteroatoms. The molecular weight excluding hydrogens is 544 g/mol. The minimum Gasteiger partial charge on any atom is -0.481 e. The lowest BCUT2D eigenvalue weighted by molar-refractivity contribution is -0.154. The maximum absolute atomic E-state index is 11.9. The summed E-state index contributed by atoms with van der Waals surface area (Å²) in [7, 11) is 0. The van der Waals surface area contributed by atoms with Crippen molar-refractivity contribution in [2.24, 2.45) is 11.8 Å². The molecule has 0 amide bonds. The van der Waals surface area contributed by atoms with E-state index in [1.165, 1.54) is 109 Å². The van der Waals surface area contributed by atoms with Crippen LogP contribution in [0.5, 0.6) is 0 Å². The molecule has 0 aromatic heterocycles. The molecule has 2 atom stereocenters. The Morgan fingerprint density at radius 1 is 0.409 bits per heavy atom. The molecule has 0 saturated carbocycles. The highest BCUT2D eigenvalue weighted by Gasteiger charge is 2.32. The molecule has 0 spiro atoms. The van der Waals surface area contributed by atoms with Crippen LogP contribution in [-0.2, 0) is 9.59 Å². The molecule has 4 nitrogen and oxygen atoms in total. The first-order valence-corrected chi connectivity index (χ1v) is 18.6. The molecule has 0 bridgehead atoms. The maximum Gasteiger partial charge on any atom is 0.307 e. The number of hydrogen-bond acceptors (Lipinski definition) is 2. The van der Waals surface area contributed by atoms with Gasteiger partial charge in [0.05, 0.1) is 11.8 Å². The van der Waals surface area contributed by atoms with Gasteiger partial charge in [0.1, 0.15) is 0 Å². The van der Waals surface area contributed by atoms with Gasteiger partial charge in [-0.25, -0.2) is 0 Å². The second-order valence-corrected chi connectivity index (χ2v) is 12.6. The highest BCUT2D eigenvalue weighted by Crippen LogP contribution is 2.25. The Kier molecular flexibility index (Phi) is 32.2. The summed E-state index contributed by atoms with van der Waals surface area (Å²) < 4.78 is 0. The topological polar surface area (TPSA) is 74.6 Å². The molecule has 0 aliphatic carbocycles. The van der Waals surface area contributed by atoms with Gasteiger partial charge in [-0.1, -0.05) is 178 Å². The third kappa shape index (κ3) is 28.7. The first-order valence-electron chi connectivity index (χ1n) is 18.6. The quantitative estimate of drug-likeness (QED) is 0.0569. The second-order valence-electron chi connectivity index (χ2n) is 12.6. The van der Waals surface area contributed by atoms with Crippen molar-refractivity contribution in [3.8, 4) is 0 Å². The molecule has 0 heterocycles. The van der Waals surface area contributed by atoms with Gasteiger partial charge >= 0.3 is 11.9 Å². The van der Waals surface area contributed by atoms with E-state index in [0.717, 1.165) is 38.5 Å². The van der Waals surface area contributed by atoms with Crippen molar-refractivity contribution in [3.63, 3.8) is 0 Å². The van der Waals surface area contributed by atoms with Crippen molar-refractivity contribution >= 4 is 11.9 Å². The predicted octanol–water partition coefficient (Wildman–Crippen LogP) is 12.8. The van der Waals surface area contributed by atoms with Gasteiger partial charge in [-0.05, 0) is 51.4 Å². The second kappa shape index (κ2) is 33.8. The lowest BCUT2D eigenvalue weighted by Crippen LogP contribution is -2.29. The largest absolute Gasteiger partial charge is 0.481 e. The molecule has 0 rings (SSSR count). The van der Waals surface area contributed by atoms with Crippen LogP contribution in [0.2, 0.25) is 0 Å². The Morgan fingerprint density at radius 3 is 1.14 bits per heavy atom. The third-order valence-electron chi connectivity index (χ3n) is 8.59.